The quantitative estimate of drug-likeness (QED) is 0.471. The summed E-state index contributed by atoms with van der Waals surface area (Å²) in [6, 6.07) is 2.29. The molecule has 0 radical (unpaired) electrons. The van der Waals surface area contributed by atoms with Gasteiger partial charge < -0.3 is 0 Å². The van der Waals surface area contributed by atoms with E-state index in [2.05, 4.69) is 32.0 Å². The van der Waals surface area contributed by atoms with Crippen molar-refractivity contribution in [2.45, 2.75) is 12.8 Å². The lowest BCUT2D eigenvalue weighted by atomic mass is 10.0. The number of rotatable bonds is 0. The highest BCUT2D eigenvalue weighted by Crippen LogP contribution is 2.17. The zero-order chi connectivity index (χ0) is 6.69. The van der Waals surface area contributed by atoms with Crippen LogP contribution in [0, 0.1) is 17.2 Å². The smallest absolute Gasteiger partial charge is 0.0656 e. The van der Waals surface area contributed by atoms with Crippen LogP contribution in [0.3, 0.4) is 0 Å². The summed E-state index contributed by atoms with van der Waals surface area (Å²) in [5, 5.41) is 8.51. The molecule has 1 fully saturated rings. The molecule has 50 valence electrons. The molecule has 1 rings (SSSR count). The Morgan fingerprint density at radius 3 is 2.44 bits per heavy atom. The van der Waals surface area contributed by atoms with E-state index in [-0.39, 0.29) is 0 Å². The highest BCUT2D eigenvalue weighted by atomic mass is 127. The van der Waals surface area contributed by atoms with Gasteiger partial charge in [-0.25, -0.2) is 3.11 Å². The van der Waals surface area contributed by atoms with Gasteiger partial charge in [0, 0.05) is 41.9 Å². The normalized spacial score (nSPS) is 23.6. The lowest BCUT2D eigenvalue weighted by Gasteiger charge is -2.22. The van der Waals surface area contributed by atoms with E-state index in [0.717, 1.165) is 25.9 Å². The Balaban J connectivity index is 2.28. The fourth-order valence-corrected chi connectivity index (χ4v) is 1.53. The van der Waals surface area contributed by atoms with Crippen LogP contribution in [0.5, 0.6) is 0 Å². The molecule has 0 aliphatic carbocycles. The van der Waals surface area contributed by atoms with Crippen LogP contribution in [0.2, 0.25) is 0 Å². The summed E-state index contributed by atoms with van der Waals surface area (Å²) in [7, 11) is 0. The molecule has 0 aromatic carbocycles. The SMILES string of the molecule is N#CC1CCN(I)CC1. The zero-order valence-corrected chi connectivity index (χ0v) is 7.34. The summed E-state index contributed by atoms with van der Waals surface area (Å²) in [6.07, 6.45) is 2.11. The molecule has 1 aliphatic rings. The van der Waals surface area contributed by atoms with Crippen molar-refractivity contribution in [3.05, 3.63) is 0 Å². The van der Waals surface area contributed by atoms with Gasteiger partial charge in [0.2, 0.25) is 0 Å². The van der Waals surface area contributed by atoms with Crippen molar-refractivity contribution in [3.63, 3.8) is 0 Å². The van der Waals surface area contributed by atoms with Gasteiger partial charge in [0.25, 0.3) is 0 Å². The highest BCUT2D eigenvalue weighted by Gasteiger charge is 2.15. The standard InChI is InChI=1S/C6H9IN2/c7-9-3-1-6(5-8)2-4-9/h6H,1-4H2. The Hall–Kier alpha value is 0.180. The minimum absolute atomic E-state index is 0.330. The lowest BCUT2D eigenvalue weighted by Crippen LogP contribution is -2.24. The van der Waals surface area contributed by atoms with E-state index in [4.69, 9.17) is 5.26 Å². The first-order valence-electron chi connectivity index (χ1n) is 3.13. The van der Waals surface area contributed by atoms with Crippen molar-refractivity contribution < 1.29 is 0 Å². The van der Waals surface area contributed by atoms with Gasteiger partial charge in [0.1, 0.15) is 0 Å². The summed E-state index contributed by atoms with van der Waals surface area (Å²) in [6.45, 7) is 2.16. The van der Waals surface area contributed by atoms with Crippen LogP contribution in [0.15, 0.2) is 0 Å². The Morgan fingerprint density at radius 2 is 2.00 bits per heavy atom. The minimum Gasteiger partial charge on any atom is -0.247 e. The number of hydrogen-bond donors (Lipinski definition) is 0. The maximum absolute atomic E-state index is 8.51. The molecule has 1 aliphatic heterocycles. The predicted molar refractivity (Wildman–Crippen MR) is 43.9 cm³/mol. The number of halogens is 1. The molecule has 1 saturated heterocycles. The molecule has 9 heavy (non-hydrogen) atoms. The second-order valence-electron chi connectivity index (χ2n) is 2.31. The second kappa shape index (κ2) is 3.37. The molecule has 0 aromatic rings. The van der Waals surface area contributed by atoms with Gasteiger partial charge in [-0.1, -0.05) is 0 Å². The average molecular weight is 236 g/mol. The van der Waals surface area contributed by atoms with Crippen LogP contribution in [0.1, 0.15) is 12.8 Å². The van der Waals surface area contributed by atoms with E-state index in [1.807, 2.05) is 0 Å². The van der Waals surface area contributed by atoms with Crippen LogP contribution in [-0.2, 0) is 0 Å². The van der Waals surface area contributed by atoms with Crippen LogP contribution in [0.25, 0.3) is 0 Å². The number of nitriles is 1. The monoisotopic (exact) mass is 236 g/mol. The van der Waals surface area contributed by atoms with Crippen LogP contribution >= 0.6 is 22.9 Å². The van der Waals surface area contributed by atoms with Gasteiger partial charge in [0.15, 0.2) is 0 Å². The molecule has 0 amide bonds. The second-order valence-corrected chi connectivity index (χ2v) is 3.68. The fraction of sp³-hybridized carbons (Fsp3) is 0.833. The Bertz CT molecular complexity index is 122. The molecule has 1 heterocycles. The van der Waals surface area contributed by atoms with Crippen molar-refractivity contribution in [1.29, 1.82) is 5.26 Å². The summed E-state index contributed by atoms with van der Waals surface area (Å²) in [5.41, 5.74) is 0. The largest absolute Gasteiger partial charge is 0.247 e. The molecular formula is C6H9IN2. The molecule has 0 bridgehead atoms. The first-order valence-corrected chi connectivity index (χ1v) is 4.10. The fourth-order valence-electron chi connectivity index (χ4n) is 0.977. The summed E-state index contributed by atoms with van der Waals surface area (Å²) in [5.74, 6) is 0.330. The van der Waals surface area contributed by atoms with Crippen molar-refractivity contribution in [1.82, 2.24) is 3.11 Å². The maximum atomic E-state index is 8.51. The van der Waals surface area contributed by atoms with Gasteiger partial charge >= 0.3 is 0 Å². The predicted octanol–water partition coefficient (Wildman–Crippen LogP) is 1.57. The van der Waals surface area contributed by atoms with E-state index in [1.165, 1.54) is 0 Å². The van der Waals surface area contributed by atoms with E-state index in [0.29, 0.717) is 5.92 Å². The van der Waals surface area contributed by atoms with Crippen molar-refractivity contribution >= 4 is 22.9 Å². The third-order valence-electron chi connectivity index (χ3n) is 1.62. The van der Waals surface area contributed by atoms with E-state index in [1.54, 1.807) is 0 Å². The van der Waals surface area contributed by atoms with Crippen molar-refractivity contribution in [3.8, 4) is 6.07 Å². The Kier molecular flexibility index (Phi) is 2.73. The van der Waals surface area contributed by atoms with Gasteiger partial charge in [-0.15, -0.1) is 0 Å². The molecule has 3 heteroatoms. The molecule has 0 N–H and O–H groups in total. The molecule has 0 aromatic heterocycles. The molecular weight excluding hydrogens is 227 g/mol. The molecule has 2 nitrogen and oxygen atoms in total. The average Bonchev–Trinajstić information content (AvgIpc) is 1.90. The molecule has 0 saturated carbocycles. The Morgan fingerprint density at radius 1 is 1.44 bits per heavy atom. The maximum Gasteiger partial charge on any atom is 0.0656 e. The van der Waals surface area contributed by atoms with Crippen LogP contribution < -0.4 is 0 Å². The highest BCUT2D eigenvalue weighted by molar-refractivity contribution is 14.1. The first-order chi connectivity index (χ1) is 4.33. The summed E-state index contributed by atoms with van der Waals surface area (Å²) < 4.78 is 2.24. The zero-order valence-electron chi connectivity index (χ0n) is 5.18. The summed E-state index contributed by atoms with van der Waals surface area (Å²) in [4.78, 5) is 0. The van der Waals surface area contributed by atoms with Gasteiger partial charge in [0.05, 0.1) is 6.07 Å². The Labute approximate surface area is 69.3 Å². The topological polar surface area (TPSA) is 27.0 Å². The van der Waals surface area contributed by atoms with Gasteiger partial charge in [-0.05, 0) is 12.8 Å². The first kappa shape index (κ1) is 7.29. The molecule has 0 atom stereocenters. The van der Waals surface area contributed by atoms with Crippen molar-refractivity contribution in [2.75, 3.05) is 13.1 Å². The third-order valence-corrected chi connectivity index (χ3v) is 2.59. The number of piperidine rings is 1. The minimum atomic E-state index is 0.330. The third kappa shape index (κ3) is 2.11. The van der Waals surface area contributed by atoms with E-state index >= 15 is 0 Å². The number of nitrogens with zero attached hydrogens (tertiary/aromatic N) is 2. The number of hydrogen-bond acceptors (Lipinski definition) is 2. The lowest BCUT2D eigenvalue weighted by molar-refractivity contribution is 0.356. The molecule has 0 unspecified atom stereocenters. The van der Waals surface area contributed by atoms with Crippen LogP contribution in [-0.4, -0.2) is 16.2 Å². The van der Waals surface area contributed by atoms with Crippen molar-refractivity contribution in [2.24, 2.45) is 5.92 Å². The van der Waals surface area contributed by atoms with Gasteiger partial charge in [-0.2, -0.15) is 5.26 Å². The van der Waals surface area contributed by atoms with Crippen LogP contribution in [0.4, 0.5) is 0 Å². The molecule has 0 spiro atoms. The van der Waals surface area contributed by atoms with E-state index in [9.17, 15) is 0 Å². The van der Waals surface area contributed by atoms with E-state index < -0.39 is 0 Å². The summed E-state index contributed by atoms with van der Waals surface area (Å²) >= 11 is 2.31. The van der Waals surface area contributed by atoms with Gasteiger partial charge in [-0.3, -0.25) is 0 Å².